The lowest BCUT2D eigenvalue weighted by molar-refractivity contribution is 0.143. The zero-order valence-electron chi connectivity index (χ0n) is 15.4. The number of para-hydroxylation sites is 1. The highest BCUT2D eigenvalue weighted by Crippen LogP contribution is 2.38. The molecule has 2 rings (SSSR count). The minimum Gasteiger partial charge on any atom is -0.449 e. The number of aryl methyl sites for hydroxylation is 1. The first-order valence-electron chi connectivity index (χ1n) is 8.32. The lowest BCUT2D eigenvalue weighted by atomic mass is 9.85. The molecule has 0 aliphatic heterocycles. The fourth-order valence-electron chi connectivity index (χ4n) is 2.68. The average Bonchev–Trinajstić information content (AvgIpc) is 2.54. The van der Waals surface area contributed by atoms with E-state index in [2.05, 4.69) is 12.6 Å². The molecule has 2 aromatic carbocycles. The molecule has 0 aromatic heterocycles. The number of rotatable bonds is 5. The smallest absolute Gasteiger partial charge is 0.449 e. The van der Waals surface area contributed by atoms with Gasteiger partial charge in [0.25, 0.3) is 0 Å². The first kappa shape index (κ1) is 20.6. The summed E-state index contributed by atoms with van der Waals surface area (Å²) in [5.74, 6) is 0.895. The molecule has 0 saturated carbocycles. The van der Waals surface area contributed by atoms with Gasteiger partial charge in [0.2, 0.25) is 0 Å². The third kappa shape index (κ3) is 5.40. The molecule has 7 heteroatoms. The molecule has 0 bridgehead atoms. The van der Waals surface area contributed by atoms with E-state index in [4.69, 9.17) is 19.7 Å². The molecule has 0 aliphatic carbocycles. The van der Waals surface area contributed by atoms with Gasteiger partial charge in [-0.05, 0) is 46.4 Å². The van der Waals surface area contributed by atoms with Crippen LogP contribution in [0.4, 0.5) is 9.59 Å². The van der Waals surface area contributed by atoms with Crippen molar-refractivity contribution in [2.45, 2.75) is 32.6 Å². The Morgan fingerprint density at radius 3 is 2.26 bits per heavy atom. The van der Waals surface area contributed by atoms with Crippen LogP contribution in [0.1, 0.15) is 31.9 Å². The van der Waals surface area contributed by atoms with E-state index < -0.39 is 12.3 Å². The second kappa shape index (κ2) is 8.35. The summed E-state index contributed by atoms with van der Waals surface area (Å²) < 4.78 is 9.91. The Bertz CT molecular complexity index is 854. The Kier molecular flexibility index (Phi) is 6.38. The fourth-order valence-corrected chi connectivity index (χ4v) is 2.93. The quantitative estimate of drug-likeness (QED) is 0.367. The summed E-state index contributed by atoms with van der Waals surface area (Å²) in [6.45, 7) is 5.97. The molecule has 27 heavy (non-hydrogen) atoms. The van der Waals surface area contributed by atoms with Gasteiger partial charge < -0.3 is 19.7 Å². The van der Waals surface area contributed by atoms with E-state index in [0.717, 1.165) is 5.56 Å². The van der Waals surface area contributed by atoms with Gasteiger partial charge in [0, 0.05) is 5.56 Å². The van der Waals surface area contributed by atoms with Crippen molar-refractivity contribution < 1.29 is 29.3 Å². The summed E-state index contributed by atoms with van der Waals surface area (Å²) in [7, 11) is 0. The minimum atomic E-state index is -1.42. The third-order valence-electron chi connectivity index (χ3n) is 3.96. The van der Waals surface area contributed by atoms with Crippen molar-refractivity contribution in [1.82, 2.24) is 0 Å². The molecule has 0 aliphatic rings. The van der Waals surface area contributed by atoms with Crippen LogP contribution in [-0.2, 0) is 11.8 Å². The molecule has 2 N–H and O–H groups in total. The van der Waals surface area contributed by atoms with Gasteiger partial charge in [-0.1, -0.05) is 45.0 Å². The number of ether oxygens (including phenoxy) is 2. The van der Waals surface area contributed by atoms with Gasteiger partial charge in [-0.2, -0.15) is 12.6 Å². The van der Waals surface area contributed by atoms with Crippen molar-refractivity contribution in [3.63, 3.8) is 0 Å². The Labute approximate surface area is 163 Å². The van der Waals surface area contributed by atoms with Crippen molar-refractivity contribution in [2.75, 3.05) is 5.75 Å². The molecule has 144 valence electrons. The second-order valence-corrected chi connectivity index (χ2v) is 7.45. The molecule has 0 unspecified atom stereocenters. The van der Waals surface area contributed by atoms with Crippen molar-refractivity contribution >= 4 is 24.9 Å². The Balaban J connectivity index is 2.70. The van der Waals surface area contributed by atoms with E-state index in [1.807, 2.05) is 26.8 Å². The van der Waals surface area contributed by atoms with E-state index in [0.29, 0.717) is 28.9 Å². The van der Waals surface area contributed by atoms with Crippen molar-refractivity contribution in [3.8, 4) is 22.6 Å². The molecule has 6 nitrogen and oxygen atoms in total. The minimum absolute atomic E-state index is 0.158. The van der Waals surface area contributed by atoms with Crippen LogP contribution < -0.4 is 9.47 Å². The SMILES string of the molecule is CC(C)(C)c1cc(OC(=O)O)cc(-c2cccc(CCS)c2OC(=O)O)c1. The number of carbonyl (C=O) groups is 2. The zero-order valence-corrected chi connectivity index (χ0v) is 16.2. The van der Waals surface area contributed by atoms with Gasteiger partial charge in [-0.3, -0.25) is 0 Å². The summed E-state index contributed by atoms with van der Waals surface area (Å²) in [4.78, 5) is 22.2. The molecule has 0 atom stereocenters. The summed E-state index contributed by atoms with van der Waals surface area (Å²) in [6.07, 6.45) is -2.31. The molecule has 0 fully saturated rings. The molecular formula is C20H22O6S. The highest BCUT2D eigenvalue weighted by Gasteiger charge is 2.20. The van der Waals surface area contributed by atoms with E-state index in [9.17, 15) is 9.59 Å². The predicted octanol–water partition coefficient (Wildman–Crippen LogP) is 5.24. The summed E-state index contributed by atoms with van der Waals surface area (Å²) in [5.41, 5.74) is 2.42. The Morgan fingerprint density at radius 1 is 1.04 bits per heavy atom. The Hall–Kier alpha value is -2.67. The molecule has 0 radical (unpaired) electrons. The second-order valence-electron chi connectivity index (χ2n) is 7.00. The maximum absolute atomic E-state index is 11.2. The van der Waals surface area contributed by atoms with Gasteiger partial charge in [0.15, 0.2) is 0 Å². The van der Waals surface area contributed by atoms with Crippen LogP contribution in [0.3, 0.4) is 0 Å². The van der Waals surface area contributed by atoms with E-state index in [-0.39, 0.29) is 16.9 Å². The monoisotopic (exact) mass is 390 g/mol. The fraction of sp³-hybridized carbons (Fsp3) is 0.300. The number of benzene rings is 2. The third-order valence-corrected chi connectivity index (χ3v) is 4.18. The first-order chi connectivity index (χ1) is 12.6. The highest BCUT2D eigenvalue weighted by molar-refractivity contribution is 7.80. The van der Waals surface area contributed by atoms with Gasteiger partial charge >= 0.3 is 12.3 Å². The molecular weight excluding hydrogens is 368 g/mol. The number of thiol groups is 1. The standard InChI is InChI=1S/C20H22O6S/c1-20(2,3)14-9-13(10-15(11-14)25-18(21)22)16-6-4-5-12(7-8-27)17(16)26-19(23)24/h4-6,9-11,27H,7-8H2,1-3H3,(H,21,22)(H,23,24). The number of carboxylic acid groups (broad SMARTS) is 2. The van der Waals surface area contributed by atoms with Crippen LogP contribution in [0.2, 0.25) is 0 Å². The first-order valence-corrected chi connectivity index (χ1v) is 8.95. The topological polar surface area (TPSA) is 93.1 Å². The van der Waals surface area contributed by atoms with Crippen molar-refractivity contribution in [1.29, 1.82) is 0 Å². The van der Waals surface area contributed by atoms with Crippen LogP contribution in [0.15, 0.2) is 36.4 Å². The van der Waals surface area contributed by atoms with E-state index >= 15 is 0 Å². The summed E-state index contributed by atoms with van der Waals surface area (Å²) in [5, 5.41) is 18.1. The molecule has 0 heterocycles. The molecule has 0 spiro atoms. The number of hydrogen-bond acceptors (Lipinski definition) is 5. The van der Waals surface area contributed by atoms with Crippen LogP contribution in [0, 0.1) is 0 Å². The van der Waals surface area contributed by atoms with Crippen LogP contribution in [0.5, 0.6) is 11.5 Å². The van der Waals surface area contributed by atoms with Gasteiger partial charge in [0.05, 0.1) is 0 Å². The number of hydrogen-bond donors (Lipinski definition) is 3. The lowest BCUT2D eigenvalue weighted by Gasteiger charge is -2.22. The molecule has 2 aromatic rings. The van der Waals surface area contributed by atoms with Gasteiger partial charge in [-0.25, -0.2) is 9.59 Å². The van der Waals surface area contributed by atoms with Crippen molar-refractivity contribution in [2.24, 2.45) is 0 Å². The van der Waals surface area contributed by atoms with Gasteiger partial charge in [0.1, 0.15) is 11.5 Å². The largest absolute Gasteiger partial charge is 0.511 e. The van der Waals surface area contributed by atoms with E-state index in [1.165, 1.54) is 0 Å². The van der Waals surface area contributed by atoms with Crippen molar-refractivity contribution in [3.05, 3.63) is 47.5 Å². The predicted molar refractivity (Wildman–Crippen MR) is 105 cm³/mol. The maximum Gasteiger partial charge on any atom is 0.511 e. The maximum atomic E-state index is 11.2. The van der Waals surface area contributed by atoms with Crippen LogP contribution in [-0.4, -0.2) is 28.3 Å². The van der Waals surface area contributed by atoms with Crippen LogP contribution in [0.25, 0.3) is 11.1 Å². The summed E-state index contributed by atoms with van der Waals surface area (Å²) >= 11 is 4.21. The molecule has 0 amide bonds. The van der Waals surface area contributed by atoms with E-state index in [1.54, 1.807) is 30.3 Å². The average molecular weight is 390 g/mol. The Morgan fingerprint density at radius 2 is 1.70 bits per heavy atom. The highest BCUT2D eigenvalue weighted by atomic mass is 32.1. The molecule has 0 saturated heterocycles. The lowest BCUT2D eigenvalue weighted by Crippen LogP contribution is -2.13. The summed E-state index contributed by atoms with van der Waals surface area (Å²) in [6, 6.07) is 10.4. The normalized spacial score (nSPS) is 11.1. The zero-order chi connectivity index (χ0) is 20.2. The van der Waals surface area contributed by atoms with Crippen LogP contribution >= 0.6 is 12.6 Å². The van der Waals surface area contributed by atoms with Gasteiger partial charge in [-0.15, -0.1) is 0 Å².